The summed E-state index contributed by atoms with van der Waals surface area (Å²) in [6.45, 7) is 1.09. The molecule has 2 aliphatic rings. The van der Waals surface area contributed by atoms with Gasteiger partial charge >= 0.3 is 0 Å². The van der Waals surface area contributed by atoms with Gasteiger partial charge in [0.15, 0.2) is 17.3 Å². The molecule has 3 aromatic carbocycles. The lowest BCUT2D eigenvalue weighted by Crippen LogP contribution is -2.30. The smallest absolute Gasteiger partial charge is 0.220 e. The van der Waals surface area contributed by atoms with E-state index in [2.05, 4.69) is 21.1 Å². The molecule has 0 radical (unpaired) electrons. The van der Waals surface area contributed by atoms with Gasteiger partial charge in [-0.2, -0.15) is 4.37 Å². The molecule has 36 heavy (non-hydrogen) atoms. The Morgan fingerprint density at radius 1 is 1.14 bits per heavy atom. The normalized spacial score (nSPS) is 17.3. The first-order valence-electron chi connectivity index (χ1n) is 11.7. The molecule has 1 saturated heterocycles. The van der Waals surface area contributed by atoms with E-state index in [-0.39, 0.29) is 11.9 Å². The van der Waals surface area contributed by atoms with E-state index in [0.29, 0.717) is 30.4 Å². The lowest BCUT2D eigenvalue weighted by molar-refractivity contribution is -0.119. The summed E-state index contributed by atoms with van der Waals surface area (Å²) in [6, 6.07) is 17.7. The maximum absolute atomic E-state index is 11.5. The van der Waals surface area contributed by atoms with Gasteiger partial charge in [-0.15, -0.1) is 0 Å². The van der Waals surface area contributed by atoms with Crippen molar-refractivity contribution in [3.8, 4) is 22.6 Å². The maximum atomic E-state index is 11.5. The SMILES string of the molecule is NC(=Cc1ccc2c(Nc3cccc(-c4ccc5c(c4)OCCO5)c3Cl)nsc2c1)C1CCC(=O)N1. The Hall–Kier alpha value is -3.75. The van der Waals surface area contributed by atoms with Crippen LogP contribution in [-0.4, -0.2) is 29.5 Å². The fourth-order valence-corrected chi connectivity index (χ4v) is 5.55. The third kappa shape index (κ3) is 4.34. The molecule has 3 heterocycles. The Balaban J connectivity index is 1.26. The minimum absolute atomic E-state index is 0.0432. The van der Waals surface area contributed by atoms with Crippen molar-refractivity contribution in [1.29, 1.82) is 0 Å². The first-order valence-corrected chi connectivity index (χ1v) is 12.8. The van der Waals surface area contributed by atoms with Gasteiger partial charge in [0.25, 0.3) is 0 Å². The zero-order valence-corrected chi connectivity index (χ0v) is 20.8. The molecule has 7 nitrogen and oxygen atoms in total. The second-order valence-electron chi connectivity index (χ2n) is 8.74. The number of nitrogens with zero attached hydrogens (tertiary/aromatic N) is 1. The quantitative estimate of drug-likeness (QED) is 0.313. The average molecular weight is 519 g/mol. The average Bonchev–Trinajstić information content (AvgIpc) is 3.51. The monoisotopic (exact) mass is 518 g/mol. The second kappa shape index (κ2) is 9.37. The number of aromatic nitrogens is 1. The highest BCUT2D eigenvalue weighted by Gasteiger charge is 2.22. The number of ether oxygens (including phenoxy) is 2. The summed E-state index contributed by atoms with van der Waals surface area (Å²) >= 11 is 8.24. The van der Waals surface area contributed by atoms with Crippen molar-refractivity contribution in [2.75, 3.05) is 18.5 Å². The zero-order chi connectivity index (χ0) is 24.6. The van der Waals surface area contributed by atoms with Gasteiger partial charge in [-0.1, -0.05) is 35.9 Å². The molecule has 1 fully saturated rings. The molecule has 4 aromatic rings. The number of carbonyl (C=O) groups excluding carboxylic acids is 1. The Bertz CT molecular complexity index is 1520. The Kier molecular flexibility index (Phi) is 5.91. The van der Waals surface area contributed by atoms with E-state index in [1.807, 2.05) is 54.6 Å². The molecular weight excluding hydrogens is 496 g/mol. The Morgan fingerprint density at radius 3 is 2.83 bits per heavy atom. The topological polar surface area (TPSA) is 98.5 Å². The van der Waals surface area contributed by atoms with Gasteiger partial charge in [-0.3, -0.25) is 4.79 Å². The fraction of sp³-hybridized carbons (Fsp3) is 0.185. The van der Waals surface area contributed by atoms with E-state index in [0.717, 1.165) is 56.2 Å². The van der Waals surface area contributed by atoms with Crippen LogP contribution >= 0.6 is 23.1 Å². The summed E-state index contributed by atoms with van der Waals surface area (Å²) in [4.78, 5) is 11.5. The van der Waals surface area contributed by atoms with Gasteiger partial charge in [0.1, 0.15) is 13.2 Å². The molecule has 1 unspecified atom stereocenters. The molecule has 182 valence electrons. The predicted octanol–water partition coefficient (Wildman–Crippen LogP) is 5.71. The van der Waals surface area contributed by atoms with Gasteiger partial charge in [0, 0.05) is 23.1 Å². The van der Waals surface area contributed by atoms with Crippen LogP contribution in [0.5, 0.6) is 11.5 Å². The summed E-state index contributed by atoms with van der Waals surface area (Å²) in [5.74, 6) is 2.25. The number of halogens is 1. The van der Waals surface area contributed by atoms with Gasteiger partial charge in [0.05, 0.1) is 21.5 Å². The minimum atomic E-state index is -0.101. The number of hydrogen-bond donors (Lipinski definition) is 3. The van der Waals surface area contributed by atoms with E-state index < -0.39 is 0 Å². The van der Waals surface area contributed by atoms with Gasteiger partial charge in [-0.25, -0.2) is 0 Å². The number of fused-ring (bicyclic) bond motifs is 2. The molecule has 0 aliphatic carbocycles. The second-order valence-corrected chi connectivity index (χ2v) is 9.92. The van der Waals surface area contributed by atoms with Crippen LogP contribution in [0, 0.1) is 0 Å². The molecule has 1 amide bonds. The number of hydrogen-bond acceptors (Lipinski definition) is 7. The number of amides is 1. The number of benzene rings is 3. The van der Waals surface area contributed by atoms with Crippen molar-refractivity contribution in [3.63, 3.8) is 0 Å². The predicted molar refractivity (Wildman–Crippen MR) is 144 cm³/mol. The number of nitrogens with two attached hydrogens (primary N) is 1. The van der Waals surface area contributed by atoms with Crippen LogP contribution in [0.15, 0.2) is 60.3 Å². The summed E-state index contributed by atoms with van der Waals surface area (Å²) in [7, 11) is 0. The molecule has 1 atom stereocenters. The van der Waals surface area contributed by atoms with E-state index in [1.54, 1.807) is 0 Å². The lowest BCUT2D eigenvalue weighted by atomic mass is 10.0. The Morgan fingerprint density at radius 2 is 2.00 bits per heavy atom. The van der Waals surface area contributed by atoms with E-state index in [4.69, 9.17) is 26.8 Å². The summed E-state index contributed by atoms with van der Waals surface area (Å²) in [6.07, 6.45) is 3.15. The first-order chi connectivity index (χ1) is 17.5. The van der Waals surface area contributed by atoms with Crippen LogP contribution in [0.2, 0.25) is 5.02 Å². The number of nitrogens with one attached hydrogen (secondary N) is 2. The molecule has 6 rings (SSSR count). The number of carbonyl (C=O) groups is 1. The van der Waals surface area contributed by atoms with Crippen molar-refractivity contribution in [2.24, 2.45) is 5.73 Å². The summed E-state index contributed by atoms with van der Waals surface area (Å²) in [5.41, 5.74) is 10.5. The van der Waals surface area contributed by atoms with Crippen LogP contribution in [0.25, 0.3) is 27.3 Å². The molecule has 0 bridgehead atoms. The third-order valence-corrected chi connectivity index (χ3v) is 7.55. The molecule has 1 aromatic heterocycles. The summed E-state index contributed by atoms with van der Waals surface area (Å²) in [5, 5.41) is 7.89. The standard InChI is InChI=1S/C27H23ClN4O3S/c28-26-17(16-5-8-22-23(14-16)35-11-10-34-22)2-1-3-21(26)31-27-18-6-4-15(13-24(18)36-32-27)12-19(29)20-7-9-25(33)30-20/h1-6,8,12-14,20H,7,9-11,29H2,(H,30,33)(H,31,32). The largest absolute Gasteiger partial charge is 0.486 e. The highest BCUT2D eigenvalue weighted by molar-refractivity contribution is 7.13. The van der Waals surface area contributed by atoms with Gasteiger partial charge in [-0.05, 0) is 65.5 Å². The van der Waals surface area contributed by atoms with Crippen LogP contribution in [-0.2, 0) is 4.79 Å². The van der Waals surface area contributed by atoms with Crippen LogP contribution in [0.4, 0.5) is 11.5 Å². The van der Waals surface area contributed by atoms with E-state index >= 15 is 0 Å². The molecule has 2 aliphatic heterocycles. The van der Waals surface area contributed by atoms with Crippen molar-refractivity contribution < 1.29 is 14.3 Å². The lowest BCUT2D eigenvalue weighted by Gasteiger charge is -2.19. The van der Waals surface area contributed by atoms with Crippen molar-refractivity contribution in [3.05, 3.63) is 70.9 Å². The summed E-state index contributed by atoms with van der Waals surface area (Å²) < 4.78 is 17.0. The number of anilines is 2. The number of rotatable bonds is 5. The molecule has 4 N–H and O–H groups in total. The molecule has 0 saturated carbocycles. The molecular formula is C27H23ClN4O3S. The minimum Gasteiger partial charge on any atom is -0.486 e. The van der Waals surface area contributed by atoms with Crippen molar-refractivity contribution in [1.82, 2.24) is 9.69 Å². The van der Waals surface area contributed by atoms with Gasteiger partial charge < -0.3 is 25.8 Å². The highest BCUT2D eigenvalue weighted by Crippen LogP contribution is 2.40. The maximum Gasteiger partial charge on any atom is 0.220 e. The van der Waals surface area contributed by atoms with Crippen molar-refractivity contribution >= 4 is 56.7 Å². The zero-order valence-electron chi connectivity index (χ0n) is 19.2. The van der Waals surface area contributed by atoms with E-state index in [9.17, 15) is 4.79 Å². The van der Waals surface area contributed by atoms with Crippen LogP contribution < -0.4 is 25.8 Å². The Labute approximate surface area is 217 Å². The van der Waals surface area contributed by atoms with E-state index in [1.165, 1.54) is 11.5 Å². The van der Waals surface area contributed by atoms with Gasteiger partial charge in [0.2, 0.25) is 5.91 Å². The van der Waals surface area contributed by atoms with Crippen molar-refractivity contribution in [2.45, 2.75) is 18.9 Å². The first kappa shape index (κ1) is 22.7. The molecule has 0 spiro atoms. The third-order valence-electron chi connectivity index (χ3n) is 6.33. The fourth-order valence-electron chi connectivity index (χ4n) is 4.48. The molecule has 9 heteroatoms. The highest BCUT2D eigenvalue weighted by atomic mass is 35.5. The van der Waals surface area contributed by atoms with Crippen LogP contribution in [0.3, 0.4) is 0 Å². The van der Waals surface area contributed by atoms with Crippen LogP contribution in [0.1, 0.15) is 18.4 Å².